The molecular weight excluding hydrogens is 312 g/mol. The van der Waals surface area contributed by atoms with Crippen molar-refractivity contribution in [3.63, 3.8) is 0 Å². The van der Waals surface area contributed by atoms with Gasteiger partial charge in [-0.1, -0.05) is 68.1 Å². The first-order valence-electron chi connectivity index (χ1n) is 9.25. The number of benzene rings is 2. The van der Waals surface area contributed by atoms with Gasteiger partial charge in [-0.25, -0.2) is 0 Å². The lowest BCUT2D eigenvalue weighted by Gasteiger charge is -2.16. The molecule has 1 aliphatic carbocycles. The molecule has 2 amide bonds. The van der Waals surface area contributed by atoms with Gasteiger partial charge in [0.15, 0.2) is 0 Å². The number of amides is 2. The smallest absolute Gasteiger partial charge is 0.239 e. The fraction of sp³-hybridized carbons (Fsp3) is 0.429. The average Bonchev–Trinajstić information content (AvgIpc) is 2.89. The molecule has 0 bridgehead atoms. The fourth-order valence-corrected chi connectivity index (χ4v) is 3.56. The van der Waals surface area contributed by atoms with Crippen molar-refractivity contribution in [1.82, 2.24) is 10.6 Å². The van der Waals surface area contributed by atoms with Crippen LogP contribution < -0.4 is 10.6 Å². The highest BCUT2D eigenvalue weighted by Gasteiger charge is 2.15. The highest BCUT2D eigenvalue weighted by molar-refractivity contribution is 5.91. The number of rotatable bonds is 5. The van der Waals surface area contributed by atoms with Crippen LogP contribution >= 0.6 is 0 Å². The van der Waals surface area contributed by atoms with E-state index in [0.29, 0.717) is 0 Å². The van der Waals surface area contributed by atoms with Gasteiger partial charge in [0, 0.05) is 6.04 Å². The molecule has 3 rings (SSSR count). The molecule has 4 heteroatoms. The van der Waals surface area contributed by atoms with Gasteiger partial charge >= 0.3 is 0 Å². The third kappa shape index (κ3) is 5.05. The Labute approximate surface area is 149 Å². The molecule has 0 aliphatic heterocycles. The summed E-state index contributed by atoms with van der Waals surface area (Å²) in [6.45, 7) is 0.0557. The predicted octanol–water partition coefficient (Wildman–Crippen LogP) is 3.34. The molecule has 2 aromatic rings. The van der Waals surface area contributed by atoms with E-state index in [0.717, 1.165) is 29.2 Å². The minimum atomic E-state index is -0.118. The van der Waals surface area contributed by atoms with Crippen LogP contribution in [0.15, 0.2) is 42.5 Å². The topological polar surface area (TPSA) is 58.2 Å². The van der Waals surface area contributed by atoms with Crippen LogP contribution in [0.25, 0.3) is 10.8 Å². The van der Waals surface area contributed by atoms with Gasteiger partial charge in [0.2, 0.25) is 11.8 Å². The van der Waals surface area contributed by atoms with Crippen molar-refractivity contribution in [2.45, 2.75) is 51.0 Å². The monoisotopic (exact) mass is 338 g/mol. The zero-order chi connectivity index (χ0) is 17.5. The molecule has 1 saturated carbocycles. The first kappa shape index (κ1) is 17.5. The summed E-state index contributed by atoms with van der Waals surface area (Å²) in [4.78, 5) is 24.3. The first-order valence-corrected chi connectivity index (χ1v) is 9.25. The Morgan fingerprint density at radius 1 is 0.880 bits per heavy atom. The van der Waals surface area contributed by atoms with E-state index >= 15 is 0 Å². The normalized spacial score (nSPS) is 15.5. The lowest BCUT2D eigenvalue weighted by molar-refractivity contribution is -0.126. The van der Waals surface area contributed by atoms with Crippen LogP contribution in [-0.2, 0) is 16.0 Å². The molecule has 0 atom stereocenters. The van der Waals surface area contributed by atoms with Crippen LogP contribution in [0.5, 0.6) is 0 Å². The molecule has 132 valence electrons. The number of fused-ring (bicyclic) bond motifs is 1. The number of hydrogen-bond donors (Lipinski definition) is 2. The van der Waals surface area contributed by atoms with Crippen LogP contribution in [0, 0.1) is 0 Å². The third-order valence-electron chi connectivity index (χ3n) is 4.90. The molecule has 0 heterocycles. The van der Waals surface area contributed by atoms with Crippen LogP contribution in [-0.4, -0.2) is 24.4 Å². The molecule has 0 aromatic heterocycles. The van der Waals surface area contributed by atoms with Crippen molar-refractivity contribution in [2.75, 3.05) is 6.54 Å². The summed E-state index contributed by atoms with van der Waals surface area (Å²) in [5.74, 6) is -0.203. The Morgan fingerprint density at radius 3 is 2.40 bits per heavy atom. The first-order chi connectivity index (χ1) is 12.2. The van der Waals surface area contributed by atoms with E-state index in [4.69, 9.17) is 0 Å². The van der Waals surface area contributed by atoms with Crippen molar-refractivity contribution in [2.24, 2.45) is 0 Å². The van der Waals surface area contributed by atoms with Gasteiger partial charge < -0.3 is 10.6 Å². The van der Waals surface area contributed by atoms with Crippen molar-refractivity contribution in [1.29, 1.82) is 0 Å². The summed E-state index contributed by atoms with van der Waals surface area (Å²) in [5.41, 5.74) is 0.986. The molecule has 25 heavy (non-hydrogen) atoms. The van der Waals surface area contributed by atoms with Crippen LogP contribution in [0.2, 0.25) is 0 Å². The molecule has 2 aromatic carbocycles. The van der Waals surface area contributed by atoms with Crippen molar-refractivity contribution >= 4 is 22.6 Å². The maximum Gasteiger partial charge on any atom is 0.239 e. The van der Waals surface area contributed by atoms with Crippen LogP contribution in [0.1, 0.15) is 44.1 Å². The van der Waals surface area contributed by atoms with E-state index in [1.807, 2.05) is 42.5 Å². The second-order valence-electron chi connectivity index (χ2n) is 6.85. The van der Waals surface area contributed by atoms with Gasteiger partial charge in [0.25, 0.3) is 0 Å². The zero-order valence-electron chi connectivity index (χ0n) is 14.6. The summed E-state index contributed by atoms with van der Waals surface area (Å²) in [7, 11) is 0. The van der Waals surface area contributed by atoms with Crippen molar-refractivity contribution in [3.8, 4) is 0 Å². The summed E-state index contributed by atoms with van der Waals surface area (Å²) < 4.78 is 0. The lowest BCUT2D eigenvalue weighted by atomic mass is 10.0. The Hall–Kier alpha value is -2.36. The standard InChI is InChI=1S/C21H26N2O2/c24-20(14-17-10-7-9-16-8-5-6-13-19(16)17)22-15-21(25)23-18-11-3-1-2-4-12-18/h5-10,13,18H,1-4,11-12,14-15H2,(H,22,24)(H,23,25). The van der Waals surface area contributed by atoms with Gasteiger partial charge in [0.1, 0.15) is 0 Å². The fourth-order valence-electron chi connectivity index (χ4n) is 3.56. The van der Waals surface area contributed by atoms with Crippen molar-refractivity contribution in [3.05, 3.63) is 48.0 Å². The van der Waals surface area contributed by atoms with E-state index in [-0.39, 0.29) is 30.8 Å². The molecule has 0 unspecified atom stereocenters. The summed E-state index contributed by atoms with van der Waals surface area (Å²) in [5, 5.41) is 8.01. The molecule has 0 saturated heterocycles. The van der Waals surface area contributed by atoms with Gasteiger partial charge in [-0.05, 0) is 29.2 Å². The van der Waals surface area contributed by atoms with E-state index in [1.54, 1.807) is 0 Å². The predicted molar refractivity (Wildman–Crippen MR) is 100 cm³/mol. The Bertz CT molecular complexity index is 728. The van der Waals surface area contributed by atoms with E-state index in [2.05, 4.69) is 10.6 Å². The minimum Gasteiger partial charge on any atom is -0.352 e. The highest BCUT2D eigenvalue weighted by Crippen LogP contribution is 2.19. The molecular formula is C21H26N2O2. The van der Waals surface area contributed by atoms with E-state index < -0.39 is 0 Å². The van der Waals surface area contributed by atoms with Gasteiger partial charge in [-0.2, -0.15) is 0 Å². The van der Waals surface area contributed by atoms with Crippen LogP contribution in [0.4, 0.5) is 0 Å². The Kier molecular flexibility index (Phi) is 6.04. The number of nitrogens with one attached hydrogen (secondary N) is 2. The van der Waals surface area contributed by atoms with Gasteiger partial charge in [-0.3, -0.25) is 9.59 Å². The largest absolute Gasteiger partial charge is 0.352 e. The second-order valence-corrected chi connectivity index (χ2v) is 6.85. The number of hydrogen-bond acceptors (Lipinski definition) is 2. The molecule has 2 N–H and O–H groups in total. The summed E-state index contributed by atoms with van der Waals surface area (Å²) in [6.07, 6.45) is 7.27. The average molecular weight is 338 g/mol. The minimum absolute atomic E-state index is 0.0557. The zero-order valence-corrected chi connectivity index (χ0v) is 14.6. The van der Waals surface area contributed by atoms with Crippen LogP contribution in [0.3, 0.4) is 0 Å². The molecule has 4 nitrogen and oxygen atoms in total. The summed E-state index contributed by atoms with van der Waals surface area (Å²) in [6, 6.07) is 14.3. The summed E-state index contributed by atoms with van der Waals surface area (Å²) >= 11 is 0. The number of carbonyl (C=O) groups excluding carboxylic acids is 2. The molecule has 0 spiro atoms. The molecule has 1 fully saturated rings. The number of carbonyl (C=O) groups is 2. The maximum atomic E-state index is 12.2. The van der Waals surface area contributed by atoms with E-state index in [1.165, 1.54) is 25.7 Å². The molecule has 1 aliphatic rings. The lowest BCUT2D eigenvalue weighted by Crippen LogP contribution is -2.42. The SMILES string of the molecule is O=C(Cc1cccc2ccccc12)NCC(=O)NC1CCCCCC1. The molecule has 0 radical (unpaired) electrons. The van der Waals surface area contributed by atoms with Crippen molar-refractivity contribution < 1.29 is 9.59 Å². The Morgan fingerprint density at radius 2 is 1.60 bits per heavy atom. The quantitative estimate of drug-likeness (QED) is 0.822. The second kappa shape index (κ2) is 8.65. The van der Waals surface area contributed by atoms with E-state index in [9.17, 15) is 9.59 Å². The highest BCUT2D eigenvalue weighted by atomic mass is 16.2. The van der Waals surface area contributed by atoms with Gasteiger partial charge in [0.05, 0.1) is 13.0 Å². The maximum absolute atomic E-state index is 12.2. The van der Waals surface area contributed by atoms with Gasteiger partial charge in [-0.15, -0.1) is 0 Å². The third-order valence-corrected chi connectivity index (χ3v) is 4.90. The Balaban J connectivity index is 1.49.